The number of carbonyl (C=O) groups excluding carboxylic acids is 1. The van der Waals surface area contributed by atoms with Crippen molar-refractivity contribution >= 4 is 29.9 Å². The third-order valence-electron chi connectivity index (χ3n) is 3.00. The van der Waals surface area contributed by atoms with Crippen LogP contribution in [-0.4, -0.2) is 30.4 Å². The molecule has 0 aromatic heterocycles. The molecule has 1 aromatic rings. The Morgan fingerprint density at radius 1 is 1.40 bits per heavy atom. The van der Waals surface area contributed by atoms with Crippen LogP contribution in [0.1, 0.15) is 32.3 Å². The summed E-state index contributed by atoms with van der Waals surface area (Å²) in [6, 6.07) is 7.88. The van der Waals surface area contributed by atoms with E-state index in [1.54, 1.807) is 0 Å². The average Bonchev–Trinajstić information content (AvgIpc) is 2.36. The van der Waals surface area contributed by atoms with Crippen molar-refractivity contribution in [2.24, 2.45) is 0 Å². The van der Waals surface area contributed by atoms with Crippen LogP contribution in [0.5, 0.6) is 0 Å². The lowest BCUT2D eigenvalue weighted by atomic mass is 10.1. The molecular formula is C15H24Cl2N2O. The van der Waals surface area contributed by atoms with Gasteiger partial charge in [-0.3, -0.25) is 4.79 Å². The monoisotopic (exact) mass is 318 g/mol. The Labute approximate surface area is 133 Å². The highest BCUT2D eigenvalue weighted by atomic mass is 35.5. The zero-order valence-corrected chi connectivity index (χ0v) is 13.9. The van der Waals surface area contributed by atoms with Gasteiger partial charge in [-0.25, -0.2) is 0 Å². The maximum Gasteiger partial charge on any atom is 0.223 e. The Kier molecular flexibility index (Phi) is 9.64. The first-order valence-corrected chi connectivity index (χ1v) is 7.11. The highest BCUT2D eigenvalue weighted by Crippen LogP contribution is 2.15. The van der Waals surface area contributed by atoms with Crippen LogP contribution in [0.3, 0.4) is 0 Å². The number of hydrogen-bond acceptors (Lipinski definition) is 2. The van der Waals surface area contributed by atoms with E-state index in [-0.39, 0.29) is 24.4 Å². The Hall–Kier alpha value is -0.770. The zero-order valence-electron chi connectivity index (χ0n) is 12.4. The Morgan fingerprint density at radius 2 is 2.10 bits per heavy atom. The molecule has 0 spiro atoms. The van der Waals surface area contributed by atoms with Gasteiger partial charge in [-0.05, 0) is 51.6 Å². The van der Waals surface area contributed by atoms with Crippen LogP contribution >= 0.6 is 24.0 Å². The van der Waals surface area contributed by atoms with Gasteiger partial charge in [0.1, 0.15) is 0 Å². The number of hydrogen-bond donors (Lipinski definition) is 1. The SMILES string of the molecule is CNCCCC(=O)N(Cc1cccc(Cl)c1)C(C)C.Cl. The molecule has 114 valence electrons. The molecule has 1 N–H and O–H groups in total. The molecule has 1 aromatic carbocycles. The van der Waals surface area contributed by atoms with Crippen molar-refractivity contribution < 1.29 is 4.79 Å². The molecule has 20 heavy (non-hydrogen) atoms. The Bertz CT molecular complexity index is 411. The summed E-state index contributed by atoms with van der Waals surface area (Å²) in [6.45, 7) is 5.58. The molecule has 0 heterocycles. The fraction of sp³-hybridized carbons (Fsp3) is 0.533. The fourth-order valence-corrected chi connectivity index (χ4v) is 2.16. The minimum atomic E-state index is 0. The molecular weight excluding hydrogens is 295 g/mol. The molecule has 0 unspecified atom stereocenters. The van der Waals surface area contributed by atoms with Gasteiger partial charge in [0.2, 0.25) is 5.91 Å². The number of carbonyl (C=O) groups is 1. The lowest BCUT2D eigenvalue weighted by Gasteiger charge is -2.27. The van der Waals surface area contributed by atoms with Crippen molar-refractivity contribution in [2.45, 2.75) is 39.3 Å². The van der Waals surface area contributed by atoms with E-state index >= 15 is 0 Å². The largest absolute Gasteiger partial charge is 0.336 e. The van der Waals surface area contributed by atoms with Crippen LogP contribution in [0, 0.1) is 0 Å². The van der Waals surface area contributed by atoms with Crippen molar-refractivity contribution in [3.05, 3.63) is 34.9 Å². The summed E-state index contributed by atoms with van der Waals surface area (Å²) in [5.41, 5.74) is 1.07. The molecule has 1 rings (SSSR count). The average molecular weight is 319 g/mol. The first-order valence-electron chi connectivity index (χ1n) is 6.73. The van der Waals surface area contributed by atoms with Gasteiger partial charge in [0.05, 0.1) is 0 Å². The summed E-state index contributed by atoms with van der Waals surface area (Å²) in [4.78, 5) is 14.1. The molecule has 0 saturated heterocycles. The van der Waals surface area contributed by atoms with Gasteiger partial charge >= 0.3 is 0 Å². The van der Waals surface area contributed by atoms with Crippen LogP contribution in [0.25, 0.3) is 0 Å². The number of nitrogens with one attached hydrogen (secondary N) is 1. The Morgan fingerprint density at radius 3 is 2.65 bits per heavy atom. The summed E-state index contributed by atoms with van der Waals surface area (Å²) in [7, 11) is 1.90. The second-order valence-corrected chi connectivity index (χ2v) is 5.39. The van der Waals surface area contributed by atoms with E-state index in [2.05, 4.69) is 5.32 Å². The van der Waals surface area contributed by atoms with Crippen molar-refractivity contribution in [3.8, 4) is 0 Å². The number of halogens is 2. The van der Waals surface area contributed by atoms with Gasteiger partial charge in [0.25, 0.3) is 0 Å². The molecule has 0 atom stereocenters. The highest BCUT2D eigenvalue weighted by Gasteiger charge is 2.16. The first kappa shape index (κ1) is 19.2. The number of nitrogens with zero attached hydrogens (tertiary/aromatic N) is 1. The summed E-state index contributed by atoms with van der Waals surface area (Å²) in [5.74, 6) is 0.199. The Balaban J connectivity index is 0.00000361. The molecule has 0 saturated carbocycles. The molecule has 0 bridgehead atoms. The summed E-state index contributed by atoms with van der Waals surface area (Å²) in [6.07, 6.45) is 1.45. The molecule has 5 heteroatoms. The third-order valence-corrected chi connectivity index (χ3v) is 3.24. The second kappa shape index (κ2) is 10.0. The summed E-state index contributed by atoms with van der Waals surface area (Å²) in [5, 5.41) is 3.77. The topological polar surface area (TPSA) is 32.3 Å². The van der Waals surface area contributed by atoms with E-state index in [1.165, 1.54) is 0 Å². The molecule has 0 aliphatic carbocycles. The van der Waals surface area contributed by atoms with Crippen LogP contribution in [0.4, 0.5) is 0 Å². The van der Waals surface area contributed by atoms with Gasteiger partial charge in [0, 0.05) is 24.0 Å². The van der Waals surface area contributed by atoms with E-state index in [0.29, 0.717) is 18.0 Å². The van der Waals surface area contributed by atoms with Gasteiger partial charge in [-0.2, -0.15) is 0 Å². The lowest BCUT2D eigenvalue weighted by molar-refractivity contribution is -0.133. The minimum Gasteiger partial charge on any atom is -0.336 e. The molecule has 0 fully saturated rings. The van der Waals surface area contributed by atoms with Gasteiger partial charge in [-0.15, -0.1) is 12.4 Å². The number of benzene rings is 1. The van der Waals surface area contributed by atoms with E-state index in [0.717, 1.165) is 18.5 Å². The molecule has 0 aliphatic heterocycles. The van der Waals surface area contributed by atoms with Crippen molar-refractivity contribution in [3.63, 3.8) is 0 Å². The van der Waals surface area contributed by atoms with E-state index < -0.39 is 0 Å². The zero-order chi connectivity index (χ0) is 14.3. The third kappa shape index (κ3) is 6.60. The summed E-state index contributed by atoms with van der Waals surface area (Å²) >= 11 is 5.98. The van der Waals surface area contributed by atoms with E-state index in [9.17, 15) is 4.79 Å². The van der Waals surface area contributed by atoms with E-state index in [4.69, 9.17) is 11.6 Å². The predicted octanol–water partition coefficient (Wildman–Crippen LogP) is 3.50. The smallest absolute Gasteiger partial charge is 0.223 e. The maximum absolute atomic E-state index is 12.2. The van der Waals surface area contributed by atoms with Crippen molar-refractivity contribution in [1.82, 2.24) is 10.2 Å². The predicted molar refractivity (Wildman–Crippen MR) is 87.5 cm³/mol. The molecule has 0 aliphatic rings. The van der Waals surface area contributed by atoms with Gasteiger partial charge in [0.15, 0.2) is 0 Å². The van der Waals surface area contributed by atoms with Crippen molar-refractivity contribution in [2.75, 3.05) is 13.6 Å². The maximum atomic E-state index is 12.2. The van der Waals surface area contributed by atoms with Gasteiger partial charge in [-0.1, -0.05) is 23.7 Å². The molecule has 1 amide bonds. The first-order chi connectivity index (χ1) is 9.04. The number of amides is 1. The van der Waals surface area contributed by atoms with Crippen LogP contribution in [-0.2, 0) is 11.3 Å². The number of rotatable bonds is 7. The standard InChI is InChI=1S/C15H23ClN2O.ClH/c1-12(2)18(15(19)8-5-9-17-3)11-13-6-4-7-14(16)10-13;/h4,6-7,10,12,17H,5,8-9,11H2,1-3H3;1H. The molecule has 0 radical (unpaired) electrons. The van der Waals surface area contributed by atoms with Crippen LogP contribution in [0.15, 0.2) is 24.3 Å². The van der Waals surface area contributed by atoms with Gasteiger partial charge < -0.3 is 10.2 Å². The van der Waals surface area contributed by atoms with Crippen LogP contribution < -0.4 is 5.32 Å². The highest BCUT2D eigenvalue weighted by molar-refractivity contribution is 6.30. The van der Waals surface area contributed by atoms with E-state index in [1.807, 2.05) is 50.1 Å². The van der Waals surface area contributed by atoms with Crippen molar-refractivity contribution in [1.29, 1.82) is 0 Å². The lowest BCUT2D eigenvalue weighted by Crippen LogP contribution is -2.36. The normalized spacial score (nSPS) is 10.2. The molecule has 3 nitrogen and oxygen atoms in total. The summed E-state index contributed by atoms with van der Waals surface area (Å²) < 4.78 is 0. The fourth-order valence-electron chi connectivity index (χ4n) is 1.95. The second-order valence-electron chi connectivity index (χ2n) is 4.95. The van der Waals surface area contributed by atoms with Crippen LogP contribution in [0.2, 0.25) is 5.02 Å². The minimum absolute atomic E-state index is 0. The quantitative estimate of drug-likeness (QED) is 0.780.